The third-order valence-electron chi connectivity index (χ3n) is 5.31. The third-order valence-corrected chi connectivity index (χ3v) is 5.31. The number of esters is 1. The normalized spacial score (nSPS) is 14.3. The van der Waals surface area contributed by atoms with E-state index in [1.807, 2.05) is 37.3 Å². The Bertz CT molecular complexity index is 887. The Balaban J connectivity index is 1.66. The summed E-state index contributed by atoms with van der Waals surface area (Å²) >= 11 is 0. The van der Waals surface area contributed by atoms with Gasteiger partial charge in [-0.3, -0.25) is 9.59 Å². The zero-order chi connectivity index (χ0) is 21.5. The van der Waals surface area contributed by atoms with Gasteiger partial charge >= 0.3 is 5.97 Å². The summed E-state index contributed by atoms with van der Waals surface area (Å²) in [6.45, 7) is 5.60. The van der Waals surface area contributed by atoms with Crippen LogP contribution in [0.1, 0.15) is 41.3 Å². The largest absolute Gasteiger partial charge is 0.496 e. The molecule has 1 aliphatic rings. The highest BCUT2D eigenvalue weighted by molar-refractivity contribution is 5.94. The number of carbonyl (C=O) groups excluding carboxylic acids is 2. The molecule has 6 heteroatoms. The first-order valence-electron chi connectivity index (χ1n) is 10.3. The van der Waals surface area contributed by atoms with Crippen molar-refractivity contribution < 1.29 is 23.8 Å². The van der Waals surface area contributed by atoms with Gasteiger partial charge in [-0.15, -0.1) is 0 Å². The Morgan fingerprint density at radius 1 is 1.10 bits per heavy atom. The summed E-state index contributed by atoms with van der Waals surface area (Å²) < 4.78 is 16.5. The topological polar surface area (TPSA) is 65.1 Å². The first kappa shape index (κ1) is 21.7. The minimum absolute atomic E-state index is 0.0447. The number of hydrogen-bond acceptors (Lipinski definition) is 5. The Labute approximate surface area is 177 Å². The van der Waals surface area contributed by atoms with Gasteiger partial charge in [0.1, 0.15) is 18.1 Å². The van der Waals surface area contributed by atoms with Crippen LogP contribution in [-0.2, 0) is 16.1 Å². The second kappa shape index (κ2) is 10.1. The van der Waals surface area contributed by atoms with Crippen molar-refractivity contribution in [3.63, 3.8) is 0 Å². The maximum absolute atomic E-state index is 13.0. The van der Waals surface area contributed by atoms with Crippen molar-refractivity contribution in [2.75, 3.05) is 26.8 Å². The monoisotopic (exact) mass is 411 g/mol. The lowest BCUT2D eigenvalue weighted by Gasteiger charge is -2.31. The number of nitrogens with zero attached hydrogens (tertiary/aromatic N) is 1. The molecule has 0 unspecified atom stereocenters. The van der Waals surface area contributed by atoms with Crippen molar-refractivity contribution in [2.45, 2.75) is 33.3 Å². The predicted octanol–water partition coefficient (Wildman–Crippen LogP) is 4.00. The molecule has 160 valence electrons. The molecule has 3 rings (SSSR count). The lowest BCUT2D eigenvalue weighted by atomic mass is 9.96. The van der Waals surface area contributed by atoms with Gasteiger partial charge < -0.3 is 19.1 Å². The maximum Gasteiger partial charge on any atom is 0.309 e. The lowest BCUT2D eigenvalue weighted by Crippen LogP contribution is -2.40. The molecular weight excluding hydrogens is 382 g/mol. The molecular formula is C24H29NO5. The molecule has 0 radical (unpaired) electrons. The predicted molar refractivity (Wildman–Crippen MR) is 114 cm³/mol. The van der Waals surface area contributed by atoms with E-state index in [2.05, 4.69) is 0 Å². The zero-order valence-corrected chi connectivity index (χ0v) is 17.8. The fourth-order valence-corrected chi connectivity index (χ4v) is 3.65. The molecule has 0 aliphatic carbocycles. The molecule has 0 saturated carbocycles. The van der Waals surface area contributed by atoms with Crippen LogP contribution in [-0.4, -0.2) is 43.6 Å². The standard InChI is InChI=1S/C24H29NO5/c1-4-29-24(27)18-10-12-25(13-11-18)23(26)19-8-9-22(28-3)20(15-19)16-30-21-7-5-6-17(2)14-21/h5-9,14-15,18H,4,10-13,16H2,1-3H3. The van der Waals surface area contributed by atoms with Crippen LogP contribution in [0.15, 0.2) is 42.5 Å². The van der Waals surface area contributed by atoms with Gasteiger partial charge in [0.25, 0.3) is 5.91 Å². The summed E-state index contributed by atoms with van der Waals surface area (Å²) in [7, 11) is 1.60. The highest BCUT2D eigenvalue weighted by atomic mass is 16.5. The SMILES string of the molecule is CCOC(=O)C1CCN(C(=O)c2ccc(OC)c(COc3cccc(C)c3)c2)CC1. The number of amides is 1. The van der Waals surface area contributed by atoms with Crippen molar-refractivity contribution >= 4 is 11.9 Å². The van der Waals surface area contributed by atoms with Gasteiger partial charge in [-0.2, -0.15) is 0 Å². The van der Waals surface area contributed by atoms with Crippen molar-refractivity contribution in [3.8, 4) is 11.5 Å². The van der Waals surface area contributed by atoms with Crippen molar-refractivity contribution in [1.29, 1.82) is 0 Å². The molecule has 0 spiro atoms. The second-order valence-electron chi connectivity index (χ2n) is 7.45. The fraction of sp³-hybridized carbons (Fsp3) is 0.417. The highest BCUT2D eigenvalue weighted by Gasteiger charge is 2.28. The number of ether oxygens (including phenoxy) is 3. The van der Waals surface area contributed by atoms with Crippen molar-refractivity contribution in [3.05, 3.63) is 59.2 Å². The molecule has 1 heterocycles. The van der Waals surface area contributed by atoms with Crippen LogP contribution in [0.4, 0.5) is 0 Å². The first-order chi connectivity index (χ1) is 14.5. The number of rotatable bonds is 7. The molecule has 0 atom stereocenters. The molecule has 6 nitrogen and oxygen atoms in total. The van der Waals surface area contributed by atoms with E-state index in [9.17, 15) is 9.59 Å². The number of hydrogen-bond donors (Lipinski definition) is 0. The molecule has 0 aromatic heterocycles. The van der Waals surface area contributed by atoms with Gasteiger partial charge in [0.2, 0.25) is 0 Å². The van der Waals surface area contributed by atoms with E-state index in [0.29, 0.717) is 50.5 Å². The quantitative estimate of drug-likeness (QED) is 0.645. The van der Waals surface area contributed by atoms with Gasteiger partial charge in [-0.05, 0) is 62.6 Å². The molecule has 2 aromatic carbocycles. The van der Waals surface area contributed by atoms with Crippen LogP contribution in [0.3, 0.4) is 0 Å². The Morgan fingerprint density at radius 2 is 1.87 bits per heavy atom. The first-order valence-corrected chi connectivity index (χ1v) is 10.3. The summed E-state index contributed by atoms with van der Waals surface area (Å²) in [6.07, 6.45) is 1.26. The average Bonchev–Trinajstić information content (AvgIpc) is 2.77. The minimum Gasteiger partial charge on any atom is -0.496 e. The number of methoxy groups -OCH3 is 1. The van der Waals surface area contributed by atoms with E-state index in [-0.39, 0.29) is 17.8 Å². The van der Waals surface area contributed by atoms with Crippen LogP contribution >= 0.6 is 0 Å². The molecule has 1 fully saturated rings. The number of benzene rings is 2. The lowest BCUT2D eigenvalue weighted by molar-refractivity contribution is -0.149. The number of aryl methyl sites for hydroxylation is 1. The summed E-state index contributed by atoms with van der Waals surface area (Å²) in [5, 5.41) is 0. The fourth-order valence-electron chi connectivity index (χ4n) is 3.65. The number of carbonyl (C=O) groups is 2. The molecule has 2 aromatic rings. The second-order valence-corrected chi connectivity index (χ2v) is 7.45. The summed E-state index contributed by atoms with van der Waals surface area (Å²) in [4.78, 5) is 26.7. The summed E-state index contributed by atoms with van der Waals surface area (Å²) in [6, 6.07) is 13.2. The van der Waals surface area contributed by atoms with Crippen LogP contribution in [0.25, 0.3) is 0 Å². The molecule has 1 saturated heterocycles. The molecule has 0 bridgehead atoms. The Kier molecular flexibility index (Phi) is 7.33. The third kappa shape index (κ3) is 5.32. The van der Waals surface area contributed by atoms with Crippen molar-refractivity contribution in [2.24, 2.45) is 5.92 Å². The summed E-state index contributed by atoms with van der Waals surface area (Å²) in [5.41, 5.74) is 2.52. The Hall–Kier alpha value is -3.02. The number of likely N-dealkylation sites (tertiary alicyclic amines) is 1. The van der Waals surface area contributed by atoms with Crippen LogP contribution in [0.2, 0.25) is 0 Å². The highest BCUT2D eigenvalue weighted by Crippen LogP contribution is 2.25. The van der Waals surface area contributed by atoms with Crippen molar-refractivity contribution in [1.82, 2.24) is 4.90 Å². The maximum atomic E-state index is 13.0. The zero-order valence-electron chi connectivity index (χ0n) is 17.8. The van der Waals surface area contributed by atoms with Gasteiger partial charge in [0, 0.05) is 24.2 Å². The Morgan fingerprint density at radius 3 is 2.53 bits per heavy atom. The van der Waals surface area contributed by atoms with Crippen LogP contribution < -0.4 is 9.47 Å². The van der Waals surface area contributed by atoms with E-state index >= 15 is 0 Å². The molecule has 1 aliphatic heterocycles. The minimum atomic E-state index is -0.162. The van der Waals surface area contributed by atoms with E-state index < -0.39 is 0 Å². The van der Waals surface area contributed by atoms with Gasteiger partial charge in [-0.1, -0.05) is 12.1 Å². The van der Waals surface area contributed by atoms with Gasteiger partial charge in [0.05, 0.1) is 19.6 Å². The van der Waals surface area contributed by atoms with E-state index in [1.54, 1.807) is 31.1 Å². The molecule has 30 heavy (non-hydrogen) atoms. The van der Waals surface area contributed by atoms with E-state index in [0.717, 1.165) is 16.9 Å². The van der Waals surface area contributed by atoms with Gasteiger partial charge in [-0.25, -0.2) is 0 Å². The van der Waals surface area contributed by atoms with Crippen LogP contribution in [0.5, 0.6) is 11.5 Å². The average molecular weight is 411 g/mol. The molecule has 0 N–H and O–H groups in total. The summed E-state index contributed by atoms with van der Waals surface area (Å²) in [5.74, 6) is 1.12. The van der Waals surface area contributed by atoms with Gasteiger partial charge in [0.15, 0.2) is 0 Å². The van der Waals surface area contributed by atoms with E-state index in [1.165, 1.54) is 0 Å². The smallest absolute Gasteiger partial charge is 0.309 e. The van der Waals surface area contributed by atoms with Crippen LogP contribution in [0, 0.1) is 12.8 Å². The molecule has 1 amide bonds. The number of piperidine rings is 1. The van der Waals surface area contributed by atoms with E-state index in [4.69, 9.17) is 14.2 Å².